The second kappa shape index (κ2) is 11.8. The van der Waals surface area contributed by atoms with E-state index >= 15 is 4.39 Å². The molecule has 1 atom stereocenters. The van der Waals surface area contributed by atoms with Gasteiger partial charge in [-0.2, -0.15) is 0 Å². The van der Waals surface area contributed by atoms with Crippen molar-refractivity contribution < 1.29 is 45.4 Å². The highest BCUT2D eigenvalue weighted by Crippen LogP contribution is 2.52. The van der Waals surface area contributed by atoms with Crippen molar-refractivity contribution in [1.29, 1.82) is 0 Å². The summed E-state index contributed by atoms with van der Waals surface area (Å²) in [4.78, 5) is 15.1. The third kappa shape index (κ3) is 6.63. The van der Waals surface area contributed by atoms with Crippen molar-refractivity contribution in [2.75, 3.05) is 22.6 Å². The molecule has 0 radical (unpaired) electrons. The zero-order valence-corrected chi connectivity index (χ0v) is 25.1. The van der Waals surface area contributed by atoms with Gasteiger partial charge in [0, 0.05) is 22.9 Å². The minimum atomic E-state index is -5.05. The van der Waals surface area contributed by atoms with Crippen molar-refractivity contribution in [2.24, 2.45) is 5.41 Å². The van der Waals surface area contributed by atoms with Gasteiger partial charge in [0.1, 0.15) is 41.4 Å². The number of rotatable bonds is 7. The van der Waals surface area contributed by atoms with Gasteiger partial charge in [-0.3, -0.25) is 9.69 Å². The summed E-state index contributed by atoms with van der Waals surface area (Å²) >= 11 is 0. The summed E-state index contributed by atoms with van der Waals surface area (Å²) in [7, 11) is -4.20. The van der Waals surface area contributed by atoms with E-state index < -0.39 is 51.6 Å². The zero-order valence-electron chi connectivity index (χ0n) is 24.3. The molecule has 8 nitrogen and oxygen atoms in total. The molecule has 0 fully saturated rings. The molecule has 0 aromatic heterocycles. The topological polar surface area (TPSA) is 105 Å². The van der Waals surface area contributed by atoms with Gasteiger partial charge in [-0.15, -0.1) is 13.2 Å². The van der Waals surface area contributed by atoms with E-state index in [2.05, 4.69) is 16.6 Å². The van der Waals surface area contributed by atoms with Crippen LogP contribution in [0.4, 0.5) is 28.9 Å². The number of hydrogen-bond acceptors (Lipinski definition) is 7. The van der Waals surface area contributed by atoms with Crippen LogP contribution < -0.4 is 19.7 Å². The SMILES string of the molecule is C=CCOc1ccc(C2C3=C(CC(C)(C)CS3(=O)=O)Nc3c(O)cccc3N2C(=O)Cc2ccccc2OC(F)(F)F)c(F)c1. The minimum Gasteiger partial charge on any atom is -0.506 e. The van der Waals surface area contributed by atoms with Crippen molar-refractivity contribution in [3.63, 3.8) is 0 Å². The summed E-state index contributed by atoms with van der Waals surface area (Å²) < 4.78 is 93.3. The normalized spacial score (nSPS) is 18.6. The molecule has 238 valence electrons. The van der Waals surface area contributed by atoms with Crippen LogP contribution in [0, 0.1) is 11.2 Å². The fourth-order valence-corrected chi connectivity index (χ4v) is 8.11. The second-order valence-corrected chi connectivity index (χ2v) is 13.5. The van der Waals surface area contributed by atoms with Crippen molar-refractivity contribution in [2.45, 2.75) is 39.1 Å². The third-order valence-corrected chi connectivity index (χ3v) is 9.68. The number of fused-ring (bicyclic) bond motifs is 1. The van der Waals surface area contributed by atoms with Crippen LogP contribution in [0.3, 0.4) is 0 Å². The van der Waals surface area contributed by atoms with Gasteiger partial charge in [0.2, 0.25) is 5.91 Å². The lowest BCUT2D eigenvalue weighted by atomic mass is 9.88. The molecule has 1 amide bonds. The van der Waals surface area contributed by atoms with Crippen molar-refractivity contribution in [1.82, 2.24) is 0 Å². The van der Waals surface area contributed by atoms with E-state index in [1.807, 2.05) is 0 Å². The van der Waals surface area contributed by atoms with Crippen LogP contribution >= 0.6 is 0 Å². The van der Waals surface area contributed by atoms with E-state index in [9.17, 15) is 31.5 Å². The molecule has 1 unspecified atom stereocenters. The number of sulfone groups is 1. The number of ether oxygens (including phenoxy) is 2. The Kier molecular flexibility index (Phi) is 8.34. The molecule has 3 aromatic rings. The molecule has 0 saturated carbocycles. The minimum absolute atomic E-state index is 0.00647. The van der Waals surface area contributed by atoms with E-state index in [-0.39, 0.29) is 63.4 Å². The first-order chi connectivity index (χ1) is 21.1. The Hall–Kier alpha value is -4.52. The molecule has 13 heteroatoms. The monoisotopic (exact) mass is 646 g/mol. The highest BCUT2D eigenvalue weighted by molar-refractivity contribution is 7.95. The molecule has 0 spiro atoms. The van der Waals surface area contributed by atoms with E-state index in [0.717, 1.165) is 17.0 Å². The number of nitrogens with one attached hydrogen (secondary N) is 1. The van der Waals surface area contributed by atoms with E-state index in [0.29, 0.717) is 0 Å². The number of halogens is 4. The molecule has 2 aliphatic heterocycles. The highest BCUT2D eigenvalue weighted by atomic mass is 32.2. The zero-order chi connectivity index (χ0) is 32.7. The molecule has 0 aliphatic carbocycles. The average Bonchev–Trinajstić information content (AvgIpc) is 3.07. The van der Waals surface area contributed by atoms with E-state index in [1.54, 1.807) is 13.8 Å². The number of nitrogens with zero attached hydrogens (tertiary/aromatic N) is 1. The van der Waals surface area contributed by atoms with Gasteiger partial charge in [0.05, 0.1) is 22.8 Å². The molecule has 0 saturated heterocycles. The van der Waals surface area contributed by atoms with Gasteiger partial charge < -0.3 is 19.9 Å². The van der Waals surface area contributed by atoms with Crippen molar-refractivity contribution in [3.05, 3.63) is 101 Å². The maximum Gasteiger partial charge on any atom is 0.573 e. The molecular weight excluding hydrogens is 616 g/mol. The van der Waals surface area contributed by atoms with Crippen LogP contribution in [0.15, 0.2) is 83.9 Å². The Bertz CT molecular complexity index is 1800. The number of alkyl halides is 3. The lowest BCUT2D eigenvalue weighted by Crippen LogP contribution is -2.42. The Labute approximate surface area is 257 Å². The third-order valence-electron chi connectivity index (χ3n) is 7.37. The van der Waals surface area contributed by atoms with Crippen LogP contribution in [0.2, 0.25) is 0 Å². The quantitative estimate of drug-likeness (QED) is 0.165. The first kappa shape index (κ1) is 31.9. The van der Waals surface area contributed by atoms with Crippen LogP contribution in [-0.2, 0) is 21.1 Å². The number of benzene rings is 3. The van der Waals surface area contributed by atoms with E-state index in [4.69, 9.17) is 4.74 Å². The summed E-state index contributed by atoms with van der Waals surface area (Å²) in [5.41, 5.74) is -0.987. The molecule has 0 bridgehead atoms. The number of anilines is 2. The molecule has 2 aliphatic rings. The summed E-state index contributed by atoms with van der Waals surface area (Å²) in [6.07, 6.45) is -4.11. The molecule has 3 aromatic carbocycles. The van der Waals surface area contributed by atoms with Crippen molar-refractivity contribution >= 4 is 27.1 Å². The first-order valence-electron chi connectivity index (χ1n) is 13.8. The summed E-state index contributed by atoms with van der Waals surface area (Å²) in [6.45, 7) is 7.12. The fraction of sp³-hybridized carbons (Fsp3) is 0.281. The smallest absolute Gasteiger partial charge is 0.506 e. The molecule has 45 heavy (non-hydrogen) atoms. The predicted octanol–water partition coefficient (Wildman–Crippen LogP) is 6.79. The van der Waals surface area contributed by atoms with Crippen molar-refractivity contribution in [3.8, 4) is 17.2 Å². The number of allylic oxidation sites excluding steroid dienone is 1. The first-order valence-corrected chi connectivity index (χ1v) is 15.5. The summed E-state index contributed by atoms with van der Waals surface area (Å²) in [5.74, 6) is -2.93. The Morgan fingerprint density at radius 2 is 1.89 bits per heavy atom. The number of carbonyl (C=O) groups is 1. The molecule has 2 N–H and O–H groups in total. The molecular formula is C32H30F4N2O6S. The van der Waals surface area contributed by atoms with Gasteiger partial charge in [0.25, 0.3) is 0 Å². The van der Waals surface area contributed by atoms with Crippen LogP contribution in [0.25, 0.3) is 0 Å². The number of para-hydroxylation sites is 2. The largest absolute Gasteiger partial charge is 0.573 e. The van der Waals surface area contributed by atoms with Gasteiger partial charge in [0.15, 0.2) is 9.84 Å². The number of phenolic OH excluding ortho intramolecular Hbond substituents is 1. The number of phenols is 1. The lowest BCUT2D eigenvalue weighted by Gasteiger charge is -2.37. The fourth-order valence-electron chi connectivity index (χ4n) is 5.76. The van der Waals surface area contributed by atoms with E-state index in [1.165, 1.54) is 54.6 Å². The number of hydrogen-bond donors (Lipinski definition) is 2. The second-order valence-electron chi connectivity index (χ2n) is 11.5. The molecule has 5 rings (SSSR count). The maximum absolute atomic E-state index is 16.1. The van der Waals surface area contributed by atoms with Gasteiger partial charge in [-0.25, -0.2) is 12.8 Å². The van der Waals surface area contributed by atoms with Gasteiger partial charge >= 0.3 is 6.36 Å². The Morgan fingerprint density at radius 1 is 1.16 bits per heavy atom. The van der Waals surface area contributed by atoms with Crippen LogP contribution in [0.1, 0.15) is 37.4 Å². The predicted molar refractivity (Wildman–Crippen MR) is 160 cm³/mol. The van der Waals surface area contributed by atoms with Gasteiger partial charge in [-0.1, -0.05) is 50.8 Å². The van der Waals surface area contributed by atoms with Crippen LogP contribution in [-0.4, -0.2) is 38.2 Å². The number of carbonyl (C=O) groups excluding carboxylic acids is 1. The average molecular weight is 647 g/mol. The summed E-state index contributed by atoms with van der Waals surface area (Å²) in [6, 6.07) is 11.4. The van der Waals surface area contributed by atoms with Gasteiger partial charge in [-0.05, 0) is 42.2 Å². The van der Waals surface area contributed by atoms with Crippen LogP contribution in [0.5, 0.6) is 17.2 Å². The molecule has 2 heterocycles. The Morgan fingerprint density at radius 3 is 2.58 bits per heavy atom. The number of aromatic hydroxyl groups is 1. The Balaban J connectivity index is 1.76. The lowest BCUT2D eigenvalue weighted by molar-refractivity contribution is -0.274. The maximum atomic E-state index is 16.1. The summed E-state index contributed by atoms with van der Waals surface area (Å²) in [5, 5.41) is 13.9. The standard InChI is InChI=1S/C32H30F4N2O6S/c1-4-14-43-20-12-13-21(22(33)16-20)29-30-23(17-31(2,3)18-45(30,41)42)37-28-24(9-7-10-25(28)39)38(29)27(40)15-19-8-5-6-11-26(19)44-32(34,35)36/h4-13,16,29,37,39H,1,14-15,17-18H2,2-3H3. The number of amides is 1. The highest BCUT2D eigenvalue weighted by Gasteiger charge is 2.48.